The molecular weight excluding hydrogens is 397 g/mol. The molecule has 0 N–H and O–H groups in total. The molecule has 1 saturated heterocycles. The van der Waals surface area contributed by atoms with Crippen LogP contribution in [0.1, 0.15) is 17.8 Å². The van der Waals surface area contributed by atoms with Crippen LogP contribution in [0.15, 0.2) is 18.5 Å². The number of aromatic nitrogens is 4. The van der Waals surface area contributed by atoms with Gasteiger partial charge in [0.25, 0.3) is 0 Å². The second-order valence-corrected chi connectivity index (χ2v) is 8.73. The lowest BCUT2D eigenvalue weighted by molar-refractivity contribution is -0.130. The van der Waals surface area contributed by atoms with Gasteiger partial charge in [0.05, 0.1) is 17.9 Å². The standard InChI is InChI=1S/C16H21F3N6O2S/c1-12-9-13(2)25(22-12)15-10-14(20-11-21-15)23-4-6-24(7-5-23)28(26,27)8-3-16(17,18)19/h9-11H,3-8H2,1-2H3. The summed E-state index contributed by atoms with van der Waals surface area (Å²) in [6.07, 6.45) is -4.42. The van der Waals surface area contributed by atoms with Crippen LogP contribution in [0.2, 0.25) is 0 Å². The molecule has 28 heavy (non-hydrogen) atoms. The predicted molar refractivity (Wildman–Crippen MR) is 96.9 cm³/mol. The van der Waals surface area contributed by atoms with Gasteiger partial charge in [-0.25, -0.2) is 23.1 Å². The van der Waals surface area contributed by atoms with E-state index in [1.165, 1.54) is 6.33 Å². The van der Waals surface area contributed by atoms with Gasteiger partial charge in [-0.3, -0.25) is 0 Å². The van der Waals surface area contributed by atoms with Gasteiger partial charge in [0.1, 0.15) is 12.1 Å². The first kappa shape index (κ1) is 20.5. The van der Waals surface area contributed by atoms with Crippen molar-refractivity contribution in [1.82, 2.24) is 24.1 Å². The first-order chi connectivity index (χ1) is 13.0. The summed E-state index contributed by atoms with van der Waals surface area (Å²) in [5, 5.41) is 4.38. The lowest BCUT2D eigenvalue weighted by Crippen LogP contribution is -2.49. The zero-order valence-electron chi connectivity index (χ0n) is 15.5. The van der Waals surface area contributed by atoms with E-state index in [9.17, 15) is 21.6 Å². The minimum atomic E-state index is -4.49. The van der Waals surface area contributed by atoms with Crippen molar-refractivity contribution in [2.24, 2.45) is 0 Å². The Labute approximate surface area is 161 Å². The summed E-state index contributed by atoms with van der Waals surface area (Å²) in [7, 11) is -3.94. The van der Waals surface area contributed by atoms with E-state index in [4.69, 9.17) is 0 Å². The Morgan fingerprint density at radius 3 is 2.25 bits per heavy atom. The van der Waals surface area contributed by atoms with E-state index in [1.54, 1.807) is 10.7 Å². The molecule has 12 heteroatoms. The summed E-state index contributed by atoms with van der Waals surface area (Å²) in [5.74, 6) is 0.284. The van der Waals surface area contributed by atoms with E-state index in [0.29, 0.717) is 24.7 Å². The van der Waals surface area contributed by atoms with Crippen molar-refractivity contribution >= 4 is 15.8 Å². The van der Waals surface area contributed by atoms with Crippen LogP contribution >= 0.6 is 0 Å². The van der Waals surface area contributed by atoms with Crippen molar-refractivity contribution in [1.29, 1.82) is 0 Å². The zero-order valence-corrected chi connectivity index (χ0v) is 16.3. The van der Waals surface area contributed by atoms with Crippen LogP contribution in [0.3, 0.4) is 0 Å². The molecule has 1 aliphatic heterocycles. The number of aryl methyl sites for hydroxylation is 2. The van der Waals surface area contributed by atoms with Crippen LogP contribution in [-0.2, 0) is 10.0 Å². The van der Waals surface area contributed by atoms with E-state index in [2.05, 4.69) is 15.1 Å². The summed E-state index contributed by atoms with van der Waals surface area (Å²) in [5.41, 5.74) is 1.78. The van der Waals surface area contributed by atoms with Gasteiger partial charge in [0.15, 0.2) is 5.82 Å². The highest BCUT2D eigenvalue weighted by molar-refractivity contribution is 7.89. The van der Waals surface area contributed by atoms with Crippen LogP contribution in [-0.4, -0.2) is 70.6 Å². The lowest BCUT2D eigenvalue weighted by atomic mass is 10.3. The number of piperazine rings is 1. The van der Waals surface area contributed by atoms with E-state index in [0.717, 1.165) is 15.7 Å². The molecule has 0 atom stereocenters. The van der Waals surface area contributed by atoms with Gasteiger partial charge in [-0.15, -0.1) is 0 Å². The second-order valence-electron chi connectivity index (χ2n) is 6.64. The maximum Gasteiger partial charge on any atom is 0.390 e. The fourth-order valence-electron chi connectivity index (χ4n) is 3.06. The average molecular weight is 418 g/mol. The number of sulfonamides is 1. The van der Waals surface area contributed by atoms with Gasteiger partial charge < -0.3 is 4.90 Å². The Kier molecular flexibility index (Phi) is 5.62. The quantitative estimate of drug-likeness (QED) is 0.735. The molecule has 3 rings (SSSR count). The van der Waals surface area contributed by atoms with Gasteiger partial charge in [0, 0.05) is 37.9 Å². The predicted octanol–water partition coefficient (Wildman–Crippen LogP) is 1.68. The minimum absolute atomic E-state index is 0.111. The molecular formula is C16H21F3N6O2S. The highest BCUT2D eigenvalue weighted by atomic mass is 32.2. The Hall–Kier alpha value is -2.21. The van der Waals surface area contributed by atoms with Gasteiger partial charge in [-0.2, -0.15) is 22.6 Å². The van der Waals surface area contributed by atoms with Crippen molar-refractivity contribution in [3.8, 4) is 5.82 Å². The second kappa shape index (κ2) is 7.66. The van der Waals surface area contributed by atoms with E-state index >= 15 is 0 Å². The summed E-state index contributed by atoms with van der Waals surface area (Å²) < 4.78 is 64.0. The third kappa shape index (κ3) is 4.79. The number of hydrogen-bond donors (Lipinski definition) is 0. The molecule has 0 aliphatic carbocycles. The van der Waals surface area contributed by atoms with Crippen LogP contribution < -0.4 is 4.90 Å². The summed E-state index contributed by atoms with van der Waals surface area (Å²) >= 11 is 0. The highest BCUT2D eigenvalue weighted by Gasteiger charge is 2.33. The lowest BCUT2D eigenvalue weighted by Gasteiger charge is -2.34. The molecule has 0 spiro atoms. The van der Waals surface area contributed by atoms with Crippen LogP contribution in [0.5, 0.6) is 0 Å². The Bertz CT molecular complexity index is 936. The number of hydrogen-bond acceptors (Lipinski definition) is 6. The van der Waals surface area contributed by atoms with Crippen LogP contribution in [0.25, 0.3) is 5.82 Å². The first-order valence-corrected chi connectivity index (χ1v) is 10.3. The number of anilines is 1. The molecule has 2 aromatic heterocycles. The van der Waals surface area contributed by atoms with Gasteiger partial charge in [0.2, 0.25) is 10.0 Å². The molecule has 0 aromatic carbocycles. The smallest absolute Gasteiger partial charge is 0.354 e. The summed E-state index contributed by atoms with van der Waals surface area (Å²) in [6, 6.07) is 3.68. The Morgan fingerprint density at radius 1 is 1.04 bits per heavy atom. The van der Waals surface area contributed by atoms with E-state index < -0.39 is 28.4 Å². The molecule has 1 fully saturated rings. The van der Waals surface area contributed by atoms with Gasteiger partial charge >= 0.3 is 6.18 Å². The van der Waals surface area contributed by atoms with E-state index in [-0.39, 0.29) is 13.1 Å². The third-order valence-electron chi connectivity index (χ3n) is 4.46. The maximum absolute atomic E-state index is 12.3. The van der Waals surface area contributed by atoms with Crippen LogP contribution in [0.4, 0.5) is 19.0 Å². The molecule has 0 radical (unpaired) electrons. The topological polar surface area (TPSA) is 84.2 Å². The average Bonchev–Trinajstić information content (AvgIpc) is 2.98. The number of halogens is 3. The summed E-state index contributed by atoms with van der Waals surface area (Å²) in [4.78, 5) is 10.3. The maximum atomic E-state index is 12.3. The molecule has 1 aliphatic rings. The Balaban J connectivity index is 1.67. The number of nitrogens with zero attached hydrogens (tertiary/aromatic N) is 6. The fraction of sp³-hybridized carbons (Fsp3) is 0.562. The van der Waals surface area contributed by atoms with Crippen molar-refractivity contribution in [3.63, 3.8) is 0 Å². The SMILES string of the molecule is Cc1cc(C)n(-c2cc(N3CCN(S(=O)(=O)CCC(F)(F)F)CC3)ncn2)n1. The van der Waals surface area contributed by atoms with Crippen molar-refractivity contribution < 1.29 is 21.6 Å². The molecule has 3 heterocycles. The monoisotopic (exact) mass is 418 g/mol. The van der Waals surface area contributed by atoms with Crippen molar-refractivity contribution in [2.75, 3.05) is 36.8 Å². The van der Waals surface area contributed by atoms with Gasteiger partial charge in [-0.1, -0.05) is 0 Å². The number of rotatable bonds is 5. The van der Waals surface area contributed by atoms with Crippen molar-refractivity contribution in [3.05, 3.63) is 29.8 Å². The molecule has 0 saturated carbocycles. The normalized spacial score (nSPS) is 16.5. The molecule has 0 unspecified atom stereocenters. The molecule has 0 amide bonds. The highest BCUT2D eigenvalue weighted by Crippen LogP contribution is 2.23. The first-order valence-electron chi connectivity index (χ1n) is 8.70. The minimum Gasteiger partial charge on any atom is -0.354 e. The third-order valence-corrected chi connectivity index (χ3v) is 6.34. The van der Waals surface area contributed by atoms with Gasteiger partial charge in [-0.05, 0) is 19.9 Å². The molecule has 0 bridgehead atoms. The van der Waals surface area contributed by atoms with E-state index in [1.807, 2.05) is 24.8 Å². The van der Waals surface area contributed by atoms with Crippen molar-refractivity contribution in [2.45, 2.75) is 26.4 Å². The summed E-state index contributed by atoms with van der Waals surface area (Å²) in [6.45, 7) is 4.67. The molecule has 154 valence electrons. The zero-order chi connectivity index (χ0) is 20.5. The largest absolute Gasteiger partial charge is 0.390 e. The van der Waals surface area contributed by atoms with Crippen LogP contribution in [0, 0.1) is 13.8 Å². The molecule has 8 nitrogen and oxygen atoms in total. The number of alkyl halides is 3. The molecule has 2 aromatic rings. The fourth-order valence-corrected chi connectivity index (χ4v) is 4.52. The Morgan fingerprint density at radius 2 is 1.68 bits per heavy atom.